The molecule has 4 nitrogen and oxygen atoms in total. The number of hydrogen-bond acceptors (Lipinski definition) is 3. The Morgan fingerprint density at radius 2 is 2.00 bits per heavy atom. The maximum atomic E-state index is 13.2. The number of thiophene rings is 1. The first-order valence-electron chi connectivity index (χ1n) is 9.31. The Balaban J connectivity index is 1.54. The first-order valence-corrected chi connectivity index (χ1v) is 10.1. The number of carbonyl (C=O) groups excluding carboxylic acids is 2. The molecule has 1 aromatic rings. The van der Waals surface area contributed by atoms with Crippen molar-refractivity contribution in [3.8, 4) is 0 Å². The van der Waals surface area contributed by atoms with E-state index in [2.05, 4.69) is 11.0 Å². The lowest BCUT2D eigenvalue weighted by molar-refractivity contribution is -0.131. The van der Waals surface area contributed by atoms with Crippen molar-refractivity contribution in [2.45, 2.75) is 57.9 Å². The molecule has 3 heterocycles. The summed E-state index contributed by atoms with van der Waals surface area (Å²) in [4.78, 5) is 31.4. The number of nitrogens with zero attached hydrogens (tertiary/aromatic N) is 2. The topological polar surface area (TPSA) is 40.6 Å². The number of amides is 2. The van der Waals surface area contributed by atoms with Gasteiger partial charge in [0.1, 0.15) is 0 Å². The zero-order valence-electron chi connectivity index (χ0n) is 14.4. The molecule has 2 amide bonds. The van der Waals surface area contributed by atoms with Crippen LogP contribution in [0.3, 0.4) is 0 Å². The standard InChI is InChI=1S/C19H26N2O2S/c1-13(22)20-10-8-16-15(12-20)5-2-3-9-21(16)19(23)18-11-14-6-4-7-17(14)24-18/h11,15-16H,2-10,12H2,1H3/t15-,16+/m0/s1. The molecule has 3 aliphatic rings. The second-order valence-corrected chi connectivity index (χ2v) is 8.62. The van der Waals surface area contributed by atoms with Crippen molar-refractivity contribution < 1.29 is 9.59 Å². The Morgan fingerprint density at radius 1 is 1.12 bits per heavy atom. The molecular formula is C19H26N2O2S. The van der Waals surface area contributed by atoms with Crippen LogP contribution in [0.25, 0.3) is 0 Å². The second kappa shape index (κ2) is 6.51. The third-order valence-corrected chi connectivity index (χ3v) is 7.21. The van der Waals surface area contributed by atoms with E-state index in [4.69, 9.17) is 0 Å². The van der Waals surface area contributed by atoms with Crippen molar-refractivity contribution in [2.75, 3.05) is 19.6 Å². The molecule has 0 saturated carbocycles. The Kier molecular flexibility index (Phi) is 4.37. The van der Waals surface area contributed by atoms with Crippen molar-refractivity contribution in [1.82, 2.24) is 9.80 Å². The van der Waals surface area contributed by atoms with Crippen LogP contribution < -0.4 is 0 Å². The number of hydrogen-bond donors (Lipinski definition) is 0. The average Bonchev–Trinajstić information content (AvgIpc) is 3.10. The van der Waals surface area contributed by atoms with Gasteiger partial charge in [0.05, 0.1) is 4.88 Å². The Labute approximate surface area is 147 Å². The zero-order valence-corrected chi connectivity index (χ0v) is 15.2. The molecule has 130 valence electrons. The molecule has 2 atom stereocenters. The molecule has 2 saturated heterocycles. The van der Waals surface area contributed by atoms with E-state index in [9.17, 15) is 9.59 Å². The normalized spacial score (nSPS) is 26.7. The van der Waals surface area contributed by atoms with E-state index < -0.39 is 0 Å². The highest BCUT2D eigenvalue weighted by Gasteiger charge is 2.38. The van der Waals surface area contributed by atoms with Crippen LogP contribution in [-0.2, 0) is 17.6 Å². The van der Waals surface area contributed by atoms with E-state index in [-0.39, 0.29) is 11.8 Å². The molecule has 5 heteroatoms. The molecule has 0 unspecified atom stereocenters. The summed E-state index contributed by atoms with van der Waals surface area (Å²) in [6.07, 6.45) is 7.85. The third-order valence-electron chi connectivity index (χ3n) is 5.98. The Bertz CT molecular complexity index is 632. The highest BCUT2D eigenvalue weighted by Crippen LogP contribution is 2.35. The number of fused-ring (bicyclic) bond motifs is 2. The molecule has 0 radical (unpaired) electrons. The van der Waals surface area contributed by atoms with E-state index in [0.29, 0.717) is 12.0 Å². The fourth-order valence-corrected chi connectivity index (χ4v) is 5.89. The number of piperidine rings is 1. The molecule has 2 fully saturated rings. The molecule has 2 aliphatic heterocycles. The molecule has 1 aliphatic carbocycles. The van der Waals surface area contributed by atoms with Gasteiger partial charge in [-0.25, -0.2) is 0 Å². The quantitative estimate of drug-likeness (QED) is 0.784. The van der Waals surface area contributed by atoms with Gasteiger partial charge in [-0.2, -0.15) is 0 Å². The lowest BCUT2D eigenvalue weighted by Crippen LogP contribution is -2.53. The fourth-order valence-electron chi connectivity index (χ4n) is 4.68. The molecule has 0 N–H and O–H groups in total. The van der Waals surface area contributed by atoms with E-state index in [1.807, 2.05) is 4.90 Å². The summed E-state index contributed by atoms with van der Waals surface area (Å²) < 4.78 is 0. The molecule has 1 aromatic heterocycles. The highest BCUT2D eigenvalue weighted by atomic mass is 32.1. The van der Waals surface area contributed by atoms with Crippen molar-refractivity contribution in [3.63, 3.8) is 0 Å². The van der Waals surface area contributed by atoms with Gasteiger partial charge in [-0.05, 0) is 56.1 Å². The SMILES string of the molecule is CC(=O)N1CC[C@@H]2[C@@H](CCCCN2C(=O)c2cc3c(s2)CCC3)C1. The molecule has 24 heavy (non-hydrogen) atoms. The molecule has 0 aromatic carbocycles. The van der Waals surface area contributed by atoms with Crippen LogP contribution in [0.15, 0.2) is 6.07 Å². The zero-order chi connectivity index (χ0) is 16.7. The van der Waals surface area contributed by atoms with Crippen LogP contribution in [0.1, 0.15) is 59.1 Å². The summed E-state index contributed by atoms with van der Waals surface area (Å²) in [7, 11) is 0. The molecular weight excluding hydrogens is 320 g/mol. The van der Waals surface area contributed by atoms with Crippen molar-refractivity contribution >= 4 is 23.2 Å². The minimum absolute atomic E-state index is 0.172. The maximum absolute atomic E-state index is 13.2. The first-order chi connectivity index (χ1) is 11.6. The second-order valence-electron chi connectivity index (χ2n) is 7.49. The van der Waals surface area contributed by atoms with Gasteiger partial charge in [0.25, 0.3) is 5.91 Å². The number of carbonyl (C=O) groups is 2. The highest BCUT2D eigenvalue weighted by molar-refractivity contribution is 7.14. The van der Waals surface area contributed by atoms with Crippen LogP contribution in [0.5, 0.6) is 0 Å². The van der Waals surface area contributed by atoms with Gasteiger partial charge in [-0.3, -0.25) is 9.59 Å². The summed E-state index contributed by atoms with van der Waals surface area (Å²) in [6, 6.07) is 2.47. The number of rotatable bonds is 1. The minimum Gasteiger partial charge on any atom is -0.343 e. The van der Waals surface area contributed by atoms with E-state index in [1.54, 1.807) is 18.3 Å². The van der Waals surface area contributed by atoms with Crippen molar-refractivity contribution in [3.05, 3.63) is 21.4 Å². The lowest BCUT2D eigenvalue weighted by atomic mass is 9.88. The maximum Gasteiger partial charge on any atom is 0.264 e. The lowest BCUT2D eigenvalue weighted by Gasteiger charge is -2.42. The van der Waals surface area contributed by atoms with E-state index >= 15 is 0 Å². The molecule has 0 spiro atoms. The van der Waals surface area contributed by atoms with E-state index in [0.717, 1.165) is 63.0 Å². The van der Waals surface area contributed by atoms with E-state index in [1.165, 1.54) is 16.9 Å². The summed E-state index contributed by atoms with van der Waals surface area (Å²) in [5.41, 5.74) is 1.40. The Morgan fingerprint density at radius 3 is 2.79 bits per heavy atom. The summed E-state index contributed by atoms with van der Waals surface area (Å²) in [5.74, 6) is 0.855. The van der Waals surface area contributed by atoms with Gasteiger partial charge in [-0.15, -0.1) is 11.3 Å². The first kappa shape index (κ1) is 16.1. The number of aryl methyl sites for hydroxylation is 2. The van der Waals surface area contributed by atoms with Crippen LogP contribution in [0, 0.1) is 5.92 Å². The Hall–Kier alpha value is -1.36. The molecule has 0 bridgehead atoms. The monoisotopic (exact) mass is 346 g/mol. The minimum atomic E-state index is 0.172. The fraction of sp³-hybridized carbons (Fsp3) is 0.684. The summed E-state index contributed by atoms with van der Waals surface area (Å²) in [6.45, 7) is 4.15. The summed E-state index contributed by atoms with van der Waals surface area (Å²) in [5, 5.41) is 0. The van der Waals surface area contributed by atoms with Crippen LogP contribution in [-0.4, -0.2) is 47.3 Å². The third kappa shape index (κ3) is 2.87. The largest absolute Gasteiger partial charge is 0.343 e. The van der Waals surface area contributed by atoms with Gasteiger partial charge in [0.2, 0.25) is 5.91 Å². The van der Waals surface area contributed by atoms with Crippen molar-refractivity contribution in [1.29, 1.82) is 0 Å². The summed E-state index contributed by atoms with van der Waals surface area (Å²) >= 11 is 1.72. The van der Waals surface area contributed by atoms with Crippen LogP contribution in [0.2, 0.25) is 0 Å². The van der Waals surface area contributed by atoms with Gasteiger partial charge in [0.15, 0.2) is 0 Å². The van der Waals surface area contributed by atoms with Gasteiger partial charge >= 0.3 is 0 Å². The van der Waals surface area contributed by atoms with Crippen LogP contribution in [0.4, 0.5) is 0 Å². The smallest absolute Gasteiger partial charge is 0.264 e. The van der Waals surface area contributed by atoms with Gasteiger partial charge < -0.3 is 9.80 Å². The van der Waals surface area contributed by atoms with Crippen LogP contribution >= 0.6 is 11.3 Å². The number of likely N-dealkylation sites (tertiary alicyclic amines) is 2. The predicted octanol–water partition coefficient (Wildman–Crippen LogP) is 3.10. The predicted molar refractivity (Wildman–Crippen MR) is 95.4 cm³/mol. The van der Waals surface area contributed by atoms with Crippen molar-refractivity contribution in [2.24, 2.45) is 5.92 Å². The van der Waals surface area contributed by atoms with Gasteiger partial charge in [-0.1, -0.05) is 6.42 Å². The average molecular weight is 346 g/mol. The van der Waals surface area contributed by atoms with Gasteiger partial charge in [0, 0.05) is 37.5 Å². The molecule has 4 rings (SSSR count).